The molecule has 6 heteroatoms. The summed E-state index contributed by atoms with van der Waals surface area (Å²) in [5, 5.41) is 21.8. The topological polar surface area (TPSA) is 63.0 Å². The van der Waals surface area contributed by atoms with E-state index in [-0.39, 0.29) is 0 Å². The largest absolute Gasteiger partial charge is 0.384 e. The summed E-state index contributed by atoms with van der Waals surface area (Å²) in [6.45, 7) is 5.32. The molecule has 2 heterocycles. The van der Waals surface area contributed by atoms with Crippen molar-refractivity contribution in [2.45, 2.75) is 38.5 Å². The average Bonchev–Trinajstić information content (AvgIpc) is 3.06. The van der Waals surface area contributed by atoms with Crippen molar-refractivity contribution in [3.05, 3.63) is 35.0 Å². The van der Waals surface area contributed by atoms with Gasteiger partial charge in [0.15, 0.2) is 0 Å². The van der Waals surface area contributed by atoms with Gasteiger partial charge in [0.1, 0.15) is 12.7 Å². The van der Waals surface area contributed by atoms with E-state index in [4.69, 9.17) is 0 Å². The van der Waals surface area contributed by atoms with Crippen LogP contribution in [0.15, 0.2) is 29.5 Å². The van der Waals surface area contributed by atoms with Crippen molar-refractivity contribution in [3.8, 4) is 0 Å². The van der Waals surface area contributed by atoms with Gasteiger partial charge < -0.3 is 10.4 Å². The summed E-state index contributed by atoms with van der Waals surface area (Å²) in [6.07, 6.45) is 4.21. The molecule has 0 saturated carbocycles. The molecule has 0 aliphatic heterocycles. The molecule has 0 aliphatic carbocycles. The second-order valence-corrected chi connectivity index (χ2v) is 5.80. The Labute approximate surface area is 117 Å². The summed E-state index contributed by atoms with van der Waals surface area (Å²) in [5.41, 5.74) is 0.148. The van der Waals surface area contributed by atoms with Gasteiger partial charge in [0, 0.05) is 19.1 Å². The highest BCUT2D eigenvalue weighted by atomic mass is 32.1. The number of nitrogens with zero attached hydrogens (tertiary/aromatic N) is 3. The monoisotopic (exact) mass is 280 g/mol. The zero-order chi connectivity index (χ0) is 13.7. The number of aromatic nitrogens is 3. The molecule has 5 nitrogen and oxygen atoms in total. The lowest BCUT2D eigenvalue weighted by atomic mass is 9.99. The number of hydrogen-bond acceptors (Lipinski definition) is 5. The van der Waals surface area contributed by atoms with Crippen molar-refractivity contribution in [1.82, 2.24) is 20.1 Å². The van der Waals surface area contributed by atoms with Gasteiger partial charge >= 0.3 is 0 Å². The SMILES string of the molecule is CC(CCn1cncn1)NCC(C)(O)c1ccsc1. The molecule has 2 unspecified atom stereocenters. The molecule has 0 aromatic carbocycles. The van der Waals surface area contributed by atoms with Gasteiger partial charge in [-0.05, 0) is 42.7 Å². The Kier molecular flexibility index (Phi) is 4.68. The summed E-state index contributed by atoms with van der Waals surface area (Å²) >= 11 is 1.60. The van der Waals surface area contributed by atoms with Gasteiger partial charge in [-0.1, -0.05) is 0 Å². The Morgan fingerprint density at radius 3 is 3.05 bits per heavy atom. The maximum atomic E-state index is 10.4. The molecule has 0 spiro atoms. The molecular weight excluding hydrogens is 260 g/mol. The van der Waals surface area contributed by atoms with E-state index in [0.29, 0.717) is 12.6 Å². The molecule has 0 fully saturated rings. The van der Waals surface area contributed by atoms with Crippen LogP contribution < -0.4 is 5.32 Å². The zero-order valence-electron chi connectivity index (χ0n) is 11.3. The highest BCUT2D eigenvalue weighted by Gasteiger charge is 2.23. The standard InChI is InChI=1S/C13H20N4OS/c1-11(3-5-17-10-14-9-16-17)15-8-13(2,18)12-4-6-19-7-12/h4,6-7,9-11,15,18H,3,5,8H2,1-2H3. The van der Waals surface area contributed by atoms with E-state index in [1.54, 1.807) is 24.0 Å². The molecule has 0 bridgehead atoms. The van der Waals surface area contributed by atoms with E-state index < -0.39 is 5.60 Å². The minimum atomic E-state index is -0.818. The lowest BCUT2D eigenvalue weighted by Gasteiger charge is -2.25. The third-order valence-corrected chi connectivity index (χ3v) is 3.88. The molecule has 2 aromatic heterocycles. The number of rotatable bonds is 7. The fourth-order valence-electron chi connectivity index (χ4n) is 1.82. The maximum Gasteiger partial charge on any atom is 0.137 e. The Hall–Kier alpha value is -1.24. The van der Waals surface area contributed by atoms with Crippen LogP contribution in [0.3, 0.4) is 0 Å². The van der Waals surface area contributed by atoms with Crippen LogP contribution in [-0.2, 0) is 12.1 Å². The summed E-state index contributed by atoms with van der Waals surface area (Å²) in [5.74, 6) is 0. The molecule has 0 amide bonds. The van der Waals surface area contributed by atoms with Gasteiger partial charge in [0.2, 0.25) is 0 Å². The van der Waals surface area contributed by atoms with Crippen LogP contribution in [0.1, 0.15) is 25.8 Å². The van der Waals surface area contributed by atoms with Gasteiger partial charge in [0.05, 0.1) is 5.60 Å². The van der Waals surface area contributed by atoms with Gasteiger partial charge in [-0.25, -0.2) is 4.98 Å². The number of thiophene rings is 1. The van der Waals surface area contributed by atoms with Gasteiger partial charge in [-0.2, -0.15) is 16.4 Å². The van der Waals surface area contributed by atoms with Crippen molar-refractivity contribution in [1.29, 1.82) is 0 Å². The predicted molar refractivity (Wildman–Crippen MR) is 76.0 cm³/mol. The van der Waals surface area contributed by atoms with Crippen molar-refractivity contribution in [2.24, 2.45) is 0 Å². The van der Waals surface area contributed by atoms with Gasteiger partial charge in [-0.15, -0.1) is 0 Å². The van der Waals surface area contributed by atoms with Crippen LogP contribution in [0.5, 0.6) is 0 Å². The molecule has 2 atom stereocenters. The first kappa shape index (κ1) is 14.2. The minimum Gasteiger partial charge on any atom is -0.384 e. The fraction of sp³-hybridized carbons (Fsp3) is 0.538. The molecule has 19 heavy (non-hydrogen) atoms. The molecule has 0 saturated heterocycles. The summed E-state index contributed by atoms with van der Waals surface area (Å²) in [7, 11) is 0. The average molecular weight is 280 g/mol. The Morgan fingerprint density at radius 1 is 1.58 bits per heavy atom. The molecule has 104 valence electrons. The van der Waals surface area contributed by atoms with Crippen LogP contribution >= 0.6 is 11.3 Å². The number of nitrogens with one attached hydrogen (secondary N) is 1. The third-order valence-electron chi connectivity index (χ3n) is 3.20. The lowest BCUT2D eigenvalue weighted by Crippen LogP contribution is -2.39. The van der Waals surface area contributed by atoms with Crippen LogP contribution in [-0.4, -0.2) is 32.5 Å². The van der Waals surface area contributed by atoms with Crippen LogP contribution in [0.2, 0.25) is 0 Å². The van der Waals surface area contributed by atoms with Crippen molar-refractivity contribution in [3.63, 3.8) is 0 Å². The van der Waals surface area contributed by atoms with Gasteiger partial charge in [-0.3, -0.25) is 4.68 Å². The number of hydrogen-bond donors (Lipinski definition) is 2. The molecule has 0 radical (unpaired) electrons. The lowest BCUT2D eigenvalue weighted by molar-refractivity contribution is 0.0543. The first-order valence-corrected chi connectivity index (χ1v) is 7.33. The van der Waals surface area contributed by atoms with E-state index in [9.17, 15) is 5.11 Å². The summed E-state index contributed by atoms with van der Waals surface area (Å²) in [4.78, 5) is 3.91. The van der Waals surface area contributed by atoms with Gasteiger partial charge in [0.25, 0.3) is 0 Å². The first-order chi connectivity index (χ1) is 9.08. The summed E-state index contributed by atoms with van der Waals surface area (Å²) < 4.78 is 1.81. The van der Waals surface area contributed by atoms with E-state index in [1.165, 1.54) is 0 Å². The molecule has 2 N–H and O–H groups in total. The number of aryl methyl sites for hydroxylation is 1. The number of aliphatic hydroxyl groups is 1. The smallest absolute Gasteiger partial charge is 0.137 e. The Bertz CT molecular complexity index is 467. The molecule has 0 aliphatic rings. The minimum absolute atomic E-state index is 0.314. The van der Waals surface area contributed by atoms with Crippen molar-refractivity contribution < 1.29 is 5.11 Å². The van der Waals surface area contributed by atoms with E-state index in [0.717, 1.165) is 18.5 Å². The Morgan fingerprint density at radius 2 is 2.42 bits per heavy atom. The van der Waals surface area contributed by atoms with E-state index >= 15 is 0 Å². The van der Waals surface area contributed by atoms with E-state index in [2.05, 4.69) is 22.3 Å². The van der Waals surface area contributed by atoms with Crippen molar-refractivity contribution >= 4 is 11.3 Å². The van der Waals surface area contributed by atoms with Crippen molar-refractivity contribution in [2.75, 3.05) is 6.54 Å². The molecule has 2 rings (SSSR count). The highest BCUT2D eigenvalue weighted by Crippen LogP contribution is 2.22. The summed E-state index contributed by atoms with van der Waals surface area (Å²) in [6, 6.07) is 2.28. The quantitative estimate of drug-likeness (QED) is 0.809. The third kappa shape index (κ3) is 4.12. The second-order valence-electron chi connectivity index (χ2n) is 5.02. The van der Waals surface area contributed by atoms with Crippen LogP contribution in [0.25, 0.3) is 0 Å². The second kappa shape index (κ2) is 6.27. The zero-order valence-corrected chi connectivity index (χ0v) is 12.1. The molecule has 2 aromatic rings. The highest BCUT2D eigenvalue weighted by molar-refractivity contribution is 7.08. The maximum absolute atomic E-state index is 10.4. The van der Waals surface area contributed by atoms with Crippen LogP contribution in [0, 0.1) is 0 Å². The fourth-order valence-corrected chi connectivity index (χ4v) is 2.60. The van der Waals surface area contributed by atoms with Crippen LogP contribution in [0.4, 0.5) is 0 Å². The first-order valence-electron chi connectivity index (χ1n) is 6.39. The predicted octanol–water partition coefficient (Wildman–Crippen LogP) is 1.62. The van der Waals surface area contributed by atoms with E-state index in [1.807, 2.05) is 28.4 Å². The normalized spacial score (nSPS) is 16.2. The molecular formula is C13H20N4OS. The Balaban J connectivity index is 1.75.